The average molecular weight is 404 g/mol. The van der Waals surface area contributed by atoms with Gasteiger partial charge < -0.3 is 5.32 Å². The summed E-state index contributed by atoms with van der Waals surface area (Å²) in [4.78, 5) is 17.6. The summed E-state index contributed by atoms with van der Waals surface area (Å²) >= 11 is 0. The Morgan fingerprint density at radius 3 is 2.47 bits per heavy atom. The normalized spacial score (nSPS) is 11.5. The Labute approximate surface area is 178 Å². The number of hydrogen-bond donors (Lipinski definition) is 2. The van der Waals surface area contributed by atoms with Crippen molar-refractivity contribution in [1.29, 1.82) is 0 Å². The lowest BCUT2D eigenvalue weighted by molar-refractivity contribution is 0.0977. The average Bonchev–Trinajstić information content (AvgIpc) is 2.95. The zero-order chi connectivity index (χ0) is 21.8. The summed E-state index contributed by atoms with van der Waals surface area (Å²) in [5.41, 5.74) is 7.89. The molecule has 0 spiro atoms. The van der Waals surface area contributed by atoms with Crippen LogP contribution in [-0.2, 0) is 13.6 Å². The van der Waals surface area contributed by atoms with Gasteiger partial charge in [-0.15, -0.1) is 0 Å². The molecule has 0 aliphatic carbocycles. The van der Waals surface area contributed by atoms with Gasteiger partial charge in [0, 0.05) is 29.6 Å². The van der Waals surface area contributed by atoms with Gasteiger partial charge in [0.25, 0.3) is 5.91 Å². The van der Waals surface area contributed by atoms with Crippen molar-refractivity contribution < 1.29 is 4.79 Å². The van der Waals surface area contributed by atoms with Crippen molar-refractivity contribution in [3.05, 3.63) is 81.7 Å². The molecule has 3 rings (SSSR count). The highest BCUT2D eigenvalue weighted by atomic mass is 16.1. The Bertz CT molecular complexity index is 1110. The highest BCUT2D eigenvalue weighted by molar-refractivity contribution is 6.10. The maximum atomic E-state index is 12.9. The molecule has 0 aliphatic rings. The van der Waals surface area contributed by atoms with Crippen LogP contribution in [0.4, 0.5) is 5.69 Å². The van der Waals surface area contributed by atoms with E-state index in [0.29, 0.717) is 18.1 Å². The Kier molecular flexibility index (Phi) is 6.35. The monoisotopic (exact) mass is 403 g/mol. The summed E-state index contributed by atoms with van der Waals surface area (Å²) < 4.78 is 1.85. The highest BCUT2D eigenvalue weighted by Gasteiger charge is 2.13. The van der Waals surface area contributed by atoms with Gasteiger partial charge in [-0.3, -0.25) is 14.8 Å². The van der Waals surface area contributed by atoms with E-state index in [9.17, 15) is 4.79 Å². The number of carbonyl (C=O) groups is 1. The van der Waals surface area contributed by atoms with Crippen molar-refractivity contribution in [2.75, 3.05) is 5.32 Å². The fourth-order valence-electron chi connectivity index (χ4n) is 3.29. The van der Waals surface area contributed by atoms with E-state index >= 15 is 0 Å². The van der Waals surface area contributed by atoms with Gasteiger partial charge in [-0.05, 0) is 63.9 Å². The lowest BCUT2D eigenvalue weighted by atomic mass is 10.1. The summed E-state index contributed by atoms with van der Waals surface area (Å²) in [7, 11) is 1.92. The number of carbonyl (C=O) groups excluding carboxylic acids is 1. The Balaban J connectivity index is 1.91. The lowest BCUT2D eigenvalue weighted by Crippen LogP contribution is -2.36. The second-order valence-corrected chi connectivity index (χ2v) is 7.63. The molecular weight excluding hydrogens is 374 g/mol. The fourth-order valence-corrected chi connectivity index (χ4v) is 3.29. The molecule has 1 aromatic heterocycles. The van der Waals surface area contributed by atoms with Gasteiger partial charge in [-0.1, -0.05) is 29.8 Å². The molecule has 1 amide bonds. The summed E-state index contributed by atoms with van der Waals surface area (Å²) in [6, 6.07) is 13.5. The third-order valence-electron chi connectivity index (χ3n) is 5.42. The SMILES string of the molecule is Cc1cccc(C(=O)NC(=NCc2c(C)nn(C)c2C)Nc2cccc(C)c2C)c1. The number of hydrogen-bond acceptors (Lipinski definition) is 3. The van der Waals surface area contributed by atoms with Crippen LogP contribution in [0.5, 0.6) is 0 Å². The standard InChI is InChI=1S/C24H29N5O/c1-15-9-7-11-20(13-15)23(30)27-24(26-22-12-8-10-16(2)17(22)3)25-14-21-18(4)28-29(6)19(21)5/h7-13H,14H2,1-6H3,(H2,25,26,27,30). The summed E-state index contributed by atoms with van der Waals surface area (Å²) in [6.45, 7) is 10.5. The molecule has 0 radical (unpaired) electrons. The fraction of sp³-hybridized carbons (Fsp3) is 0.292. The van der Waals surface area contributed by atoms with Crippen molar-refractivity contribution in [3.8, 4) is 0 Å². The first-order valence-electron chi connectivity index (χ1n) is 10.0. The Morgan fingerprint density at radius 1 is 1.07 bits per heavy atom. The molecular formula is C24H29N5O. The van der Waals surface area contributed by atoms with Crippen molar-refractivity contribution in [1.82, 2.24) is 15.1 Å². The number of nitrogens with zero attached hydrogens (tertiary/aromatic N) is 3. The highest BCUT2D eigenvalue weighted by Crippen LogP contribution is 2.18. The molecule has 0 unspecified atom stereocenters. The van der Waals surface area contributed by atoms with E-state index < -0.39 is 0 Å². The van der Waals surface area contributed by atoms with Crippen molar-refractivity contribution in [3.63, 3.8) is 0 Å². The van der Waals surface area contributed by atoms with Crippen molar-refractivity contribution in [2.24, 2.45) is 12.0 Å². The molecule has 0 bridgehead atoms. The number of aromatic nitrogens is 2. The molecule has 0 atom stereocenters. The summed E-state index contributed by atoms with van der Waals surface area (Å²) in [5.74, 6) is 0.216. The molecule has 0 saturated heterocycles. The maximum Gasteiger partial charge on any atom is 0.257 e. The number of anilines is 1. The van der Waals surface area contributed by atoms with Crippen LogP contribution in [-0.4, -0.2) is 21.6 Å². The zero-order valence-electron chi connectivity index (χ0n) is 18.5. The van der Waals surface area contributed by atoms with Gasteiger partial charge in [0.05, 0.1) is 12.2 Å². The van der Waals surface area contributed by atoms with Crippen LogP contribution < -0.4 is 10.6 Å². The first kappa shape index (κ1) is 21.3. The number of aryl methyl sites for hydroxylation is 4. The van der Waals surface area contributed by atoms with Gasteiger partial charge in [-0.25, -0.2) is 4.99 Å². The van der Waals surface area contributed by atoms with E-state index in [1.807, 2.05) is 69.8 Å². The summed E-state index contributed by atoms with van der Waals surface area (Å²) in [5, 5.41) is 10.7. The smallest absolute Gasteiger partial charge is 0.257 e. The molecule has 0 saturated carbocycles. The minimum atomic E-state index is -0.199. The van der Waals surface area contributed by atoms with Gasteiger partial charge >= 0.3 is 0 Å². The number of rotatable bonds is 4. The minimum absolute atomic E-state index is 0.199. The number of amides is 1. The largest absolute Gasteiger partial charge is 0.326 e. The van der Waals surface area contributed by atoms with Crippen molar-refractivity contribution in [2.45, 2.75) is 41.2 Å². The molecule has 1 heterocycles. The second-order valence-electron chi connectivity index (χ2n) is 7.63. The number of guanidine groups is 1. The van der Waals surface area contributed by atoms with E-state index in [-0.39, 0.29) is 5.91 Å². The van der Waals surface area contributed by atoms with E-state index in [4.69, 9.17) is 4.99 Å². The quantitative estimate of drug-likeness (QED) is 0.502. The third-order valence-corrected chi connectivity index (χ3v) is 5.42. The van der Waals surface area contributed by atoms with Crippen LogP contribution in [0.25, 0.3) is 0 Å². The van der Waals surface area contributed by atoms with Crippen LogP contribution in [0.15, 0.2) is 47.5 Å². The molecule has 2 aromatic carbocycles. The van der Waals surface area contributed by atoms with Crippen LogP contribution in [0.3, 0.4) is 0 Å². The molecule has 6 nitrogen and oxygen atoms in total. The van der Waals surface area contributed by atoms with E-state index in [0.717, 1.165) is 33.8 Å². The van der Waals surface area contributed by atoms with Crippen LogP contribution in [0.1, 0.15) is 44.0 Å². The van der Waals surface area contributed by atoms with Crippen LogP contribution in [0.2, 0.25) is 0 Å². The Hall–Kier alpha value is -3.41. The zero-order valence-corrected chi connectivity index (χ0v) is 18.5. The van der Waals surface area contributed by atoms with Crippen LogP contribution >= 0.6 is 0 Å². The molecule has 156 valence electrons. The first-order valence-corrected chi connectivity index (χ1v) is 10.0. The van der Waals surface area contributed by atoms with E-state index in [2.05, 4.69) is 28.7 Å². The minimum Gasteiger partial charge on any atom is -0.326 e. The first-order chi connectivity index (χ1) is 14.3. The topological polar surface area (TPSA) is 71.3 Å². The number of aliphatic imine (C=N–C) groups is 1. The maximum absolute atomic E-state index is 12.9. The van der Waals surface area contributed by atoms with Crippen molar-refractivity contribution >= 4 is 17.6 Å². The Morgan fingerprint density at radius 2 is 1.80 bits per heavy atom. The van der Waals surface area contributed by atoms with Crippen LogP contribution in [0, 0.1) is 34.6 Å². The number of nitrogens with one attached hydrogen (secondary N) is 2. The molecule has 3 aromatic rings. The molecule has 6 heteroatoms. The molecule has 30 heavy (non-hydrogen) atoms. The molecule has 0 aliphatic heterocycles. The van der Waals surface area contributed by atoms with Gasteiger partial charge in [0.1, 0.15) is 0 Å². The van der Waals surface area contributed by atoms with Gasteiger partial charge in [0.2, 0.25) is 5.96 Å². The summed E-state index contributed by atoms with van der Waals surface area (Å²) in [6.07, 6.45) is 0. The van der Waals surface area contributed by atoms with E-state index in [1.54, 1.807) is 6.07 Å². The lowest BCUT2D eigenvalue weighted by Gasteiger charge is -2.15. The molecule has 0 fully saturated rings. The predicted octanol–water partition coefficient (Wildman–Crippen LogP) is 4.36. The van der Waals surface area contributed by atoms with E-state index in [1.165, 1.54) is 5.56 Å². The van der Waals surface area contributed by atoms with Gasteiger partial charge in [-0.2, -0.15) is 5.10 Å². The second kappa shape index (κ2) is 8.95. The predicted molar refractivity (Wildman–Crippen MR) is 122 cm³/mol. The third kappa shape index (κ3) is 4.76. The number of benzene rings is 2. The molecule has 2 N–H and O–H groups in total. The van der Waals surface area contributed by atoms with Gasteiger partial charge in [0.15, 0.2) is 0 Å².